The zero-order chi connectivity index (χ0) is 20.5. The third-order valence-corrected chi connectivity index (χ3v) is 3.54. The van der Waals surface area contributed by atoms with E-state index >= 15 is 0 Å². The number of anilines is 1. The van der Waals surface area contributed by atoms with Crippen LogP contribution in [0.15, 0.2) is 42.5 Å². The van der Waals surface area contributed by atoms with Crippen LogP contribution >= 0.6 is 0 Å². The molecular weight excluding hydrogens is 374 g/mol. The van der Waals surface area contributed by atoms with Crippen LogP contribution in [0.3, 0.4) is 0 Å². The van der Waals surface area contributed by atoms with Crippen LogP contribution < -0.4 is 15.4 Å². The maximum absolute atomic E-state index is 13.1. The predicted molar refractivity (Wildman–Crippen MR) is 95.7 cm³/mol. The minimum absolute atomic E-state index is 0.0429. The molecule has 0 unspecified atom stereocenters. The molecule has 0 radical (unpaired) electrons. The first-order chi connectivity index (χ1) is 13.4. The molecule has 0 saturated heterocycles. The number of rotatable bonds is 8. The third-order valence-electron chi connectivity index (χ3n) is 3.54. The summed E-state index contributed by atoms with van der Waals surface area (Å²) in [4.78, 5) is 35.2. The Morgan fingerprint density at radius 1 is 1.00 bits per heavy atom. The van der Waals surface area contributed by atoms with E-state index in [1.165, 1.54) is 13.2 Å². The zero-order valence-electron chi connectivity index (χ0n) is 15.0. The molecule has 0 aliphatic carbocycles. The normalized spacial score (nSPS) is 10.1. The molecule has 7 nitrogen and oxygen atoms in total. The van der Waals surface area contributed by atoms with Crippen molar-refractivity contribution in [1.82, 2.24) is 5.32 Å². The van der Waals surface area contributed by atoms with Crippen LogP contribution in [0.5, 0.6) is 5.75 Å². The van der Waals surface area contributed by atoms with Gasteiger partial charge in [0.2, 0.25) is 5.91 Å². The number of methoxy groups -OCH3 is 1. The number of nitrogens with one attached hydrogen (secondary N) is 2. The summed E-state index contributed by atoms with van der Waals surface area (Å²) >= 11 is 0. The van der Waals surface area contributed by atoms with Crippen molar-refractivity contribution in [2.75, 3.05) is 25.6 Å². The van der Waals surface area contributed by atoms with Gasteiger partial charge in [-0.15, -0.1) is 0 Å². The molecule has 0 bridgehead atoms. The molecule has 0 aliphatic heterocycles. The second kappa shape index (κ2) is 10.0. The molecule has 2 N–H and O–H groups in total. The smallest absolute Gasteiger partial charge is 0.310 e. The van der Waals surface area contributed by atoms with Crippen LogP contribution in [0.25, 0.3) is 0 Å². The summed E-state index contributed by atoms with van der Waals surface area (Å²) in [6, 6.07) is 9.75. The highest BCUT2D eigenvalue weighted by Crippen LogP contribution is 2.18. The number of para-hydroxylation sites is 1. The molecule has 2 amide bonds. The number of benzene rings is 2. The van der Waals surface area contributed by atoms with E-state index in [1.54, 1.807) is 24.3 Å². The van der Waals surface area contributed by atoms with Gasteiger partial charge in [0, 0.05) is 17.3 Å². The van der Waals surface area contributed by atoms with Gasteiger partial charge in [-0.1, -0.05) is 18.2 Å². The van der Waals surface area contributed by atoms with E-state index in [1.807, 2.05) is 0 Å². The maximum Gasteiger partial charge on any atom is 0.310 e. The van der Waals surface area contributed by atoms with E-state index in [2.05, 4.69) is 10.6 Å². The Hall–Kier alpha value is -3.49. The molecule has 2 aromatic carbocycles. The quantitative estimate of drug-likeness (QED) is 0.669. The van der Waals surface area contributed by atoms with Gasteiger partial charge >= 0.3 is 5.97 Å². The number of halogens is 2. The van der Waals surface area contributed by atoms with Crippen LogP contribution in [0.2, 0.25) is 0 Å². The Kier molecular flexibility index (Phi) is 7.44. The lowest BCUT2D eigenvalue weighted by Crippen LogP contribution is -2.35. The van der Waals surface area contributed by atoms with Gasteiger partial charge in [-0.2, -0.15) is 0 Å². The van der Waals surface area contributed by atoms with Crippen LogP contribution in [0, 0.1) is 11.6 Å². The summed E-state index contributed by atoms with van der Waals surface area (Å²) < 4.78 is 35.9. The first-order valence-corrected chi connectivity index (χ1v) is 8.18. The van der Waals surface area contributed by atoms with Crippen molar-refractivity contribution in [1.29, 1.82) is 0 Å². The van der Waals surface area contributed by atoms with Crippen molar-refractivity contribution in [3.05, 3.63) is 59.7 Å². The van der Waals surface area contributed by atoms with Gasteiger partial charge in [0.25, 0.3) is 5.91 Å². The Bertz CT molecular complexity index is 873. The van der Waals surface area contributed by atoms with Crippen molar-refractivity contribution in [2.45, 2.75) is 6.42 Å². The molecule has 2 rings (SSSR count). The van der Waals surface area contributed by atoms with Gasteiger partial charge in [0.1, 0.15) is 5.75 Å². The fraction of sp³-hybridized carbons (Fsp3) is 0.211. The second-order valence-corrected chi connectivity index (χ2v) is 5.60. The zero-order valence-corrected chi connectivity index (χ0v) is 15.0. The molecule has 0 heterocycles. The third kappa shape index (κ3) is 6.35. The van der Waals surface area contributed by atoms with Crippen LogP contribution in [-0.2, 0) is 25.5 Å². The molecule has 0 atom stereocenters. The number of ether oxygens (including phenoxy) is 2. The summed E-state index contributed by atoms with van der Waals surface area (Å²) in [5.74, 6) is -3.60. The topological polar surface area (TPSA) is 93.7 Å². The van der Waals surface area contributed by atoms with Crippen LogP contribution in [0.4, 0.5) is 14.5 Å². The molecule has 0 spiro atoms. The Morgan fingerprint density at radius 2 is 1.75 bits per heavy atom. The van der Waals surface area contributed by atoms with Crippen molar-refractivity contribution in [3.63, 3.8) is 0 Å². The van der Waals surface area contributed by atoms with E-state index < -0.39 is 42.6 Å². The Balaban J connectivity index is 1.72. The predicted octanol–water partition coefficient (Wildman–Crippen LogP) is 1.81. The van der Waals surface area contributed by atoms with Gasteiger partial charge in [-0.3, -0.25) is 14.4 Å². The summed E-state index contributed by atoms with van der Waals surface area (Å²) in [7, 11) is 1.48. The van der Waals surface area contributed by atoms with Gasteiger partial charge in [0.05, 0.1) is 20.1 Å². The van der Waals surface area contributed by atoms with E-state index in [0.29, 0.717) is 11.3 Å². The molecule has 9 heteroatoms. The first kappa shape index (κ1) is 20.8. The number of carbonyl (C=O) groups is 3. The lowest BCUT2D eigenvalue weighted by molar-refractivity contribution is -0.147. The highest BCUT2D eigenvalue weighted by atomic mass is 19.2. The summed E-state index contributed by atoms with van der Waals surface area (Å²) in [5.41, 5.74) is 0.655. The number of carbonyl (C=O) groups excluding carboxylic acids is 3. The van der Waals surface area contributed by atoms with Gasteiger partial charge in [-0.05, 0) is 18.2 Å². The lowest BCUT2D eigenvalue weighted by atomic mass is 10.1. The average molecular weight is 392 g/mol. The number of hydrogen-bond donors (Lipinski definition) is 2. The fourth-order valence-corrected chi connectivity index (χ4v) is 2.21. The number of hydrogen-bond acceptors (Lipinski definition) is 5. The molecule has 0 saturated carbocycles. The summed E-state index contributed by atoms with van der Waals surface area (Å²) in [6.45, 7) is -0.992. The number of amides is 2. The standard InChI is InChI=1S/C19H18F2N2O5/c1-27-16-5-3-2-4-12(16)8-19(26)28-11-18(25)22-10-17(24)23-13-6-7-14(20)15(21)9-13/h2-7,9H,8,10-11H2,1H3,(H,22,25)(H,23,24). The summed E-state index contributed by atoms with van der Waals surface area (Å²) in [6.07, 6.45) is -0.0755. The SMILES string of the molecule is COc1ccccc1CC(=O)OCC(=O)NCC(=O)Nc1ccc(F)c(F)c1. The molecule has 28 heavy (non-hydrogen) atoms. The molecule has 148 valence electrons. The Morgan fingerprint density at radius 3 is 2.46 bits per heavy atom. The molecular formula is C19H18F2N2O5. The molecule has 0 fully saturated rings. The van der Waals surface area contributed by atoms with Gasteiger partial charge < -0.3 is 20.1 Å². The number of esters is 1. The molecule has 0 aliphatic rings. The van der Waals surface area contributed by atoms with E-state index in [4.69, 9.17) is 9.47 Å². The van der Waals surface area contributed by atoms with E-state index in [-0.39, 0.29) is 12.1 Å². The van der Waals surface area contributed by atoms with Crippen molar-refractivity contribution in [3.8, 4) is 5.75 Å². The monoisotopic (exact) mass is 392 g/mol. The lowest BCUT2D eigenvalue weighted by Gasteiger charge is -2.09. The minimum atomic E-state index is -1.11. The first-order valence-electron chi connectivity index (χ1n) is 8.18. The Labute approximate surface area is 159 Å². The maximum atomic E-state index is 13.1. The van der Waals surface area contributed by atoms with Crippen molar-refractivity contribution < 1.29 is 32.6 Å². The van der Waals surface area contributed by atoms with Crippen molar-refractivity contribution >= 4 is 23.5 Å². The van der Waals surface area contributed by atoms with Crippen LogP contribution in [0.1, 0.15) is 5.56 Å². The highest BCUT2D eigenvalue weighted by molar-refractivity contribution is 5.94. The average Bonchev–Trinajstić information content (AvgIpc) is 2.68. The largest absolute Gasteiger partial charge is 0.496 e. The van der Waals surface area contributed by atoms with Crippen LogP contribution in [-0.4, -0.2) is 38.0 Å². The summed E-state index contributed by atoms with van der Waals surface area (Å²) in [5, 5.41) is 4.54. The minimum Gasteiger partial charge on any atom is -0.496 e. The van der Waals surface area contributed by atoms with Gasteiger partial charge in [-0.25, -0.2) is 8.78 Å². The second-order valence-electron chi connectivity index (χ2n) is 5.60. The fourth-order valence-electron chi connectivity index (χ4n) is 2.21. The molecule has 2 aromatic rings. The van der Waals surface area contributed by atoms with Gasteiger partial charge in [0.15, 0.2) is 18.2 Å². The highest BCUT2D eigenvalue weighted by Gasteiger charge is 2.12. The van der Waals surface area contributed by atoms with Crippen molar-refractivity contribution in [2.24, 2.45) is 0 Å². The molecule has 0 aromatic heterocycles. The van der Waals surface area contributed by atoms with E-state index in [9.17, 15) is 23.2 Å². The van der Waals surface area contributed by atoms with E-state index in [0.717, 1.165) is 12.1 Å².